The number of halogens is 1. The first-order valence-electron chi connectivity index (χ1n) is 9.24. The van der Waals surface area contributed by atoms with E-state index in [0.717, 1.165) is 11.3 Å². The van der Waals surface area contributed by atoms with E-state index >= 15 is 0 Å². The average Bonchev–Trinajstić information content (AvgIpc) is 3.13. The van der Waals surface area contributed by atoms with Crippen LogP contribution >= 0.6 is 27.3 Å². The molecule has 0 unspecified atom stereocenters. The van der Waals surface area contributed by atoms with E-state index in [1.165, 1.54) is 4.68 Å². The van der Waals surface area contributed by atoms with Crippen LogP contribution in [-0.4, -0.2) is 51.7 Å². The van der Waals surface area contributed by atoms with Gasteiger partial charge in [-0.3, -0.25) is 14.3 Å². The Kier molecular flexibility index (Phi) is 7.59. The monoisotopic (exact) mass is 484 g/mol. The second-order valence-electron chi connectivity index (χ2n) is 6.65. The molecule has 0 saturated heterocycles. The lowest BCUT2D eigenvalue weighted by Gasteiger charge is -2.18. The van der Waals surface area contributed by atoms with Gasteiger partial charge in [0.05, 0.1) is 21.0 Å². The first-order valence-corrected chi connectivity index (χ1v) is 10.9. The molecule has 0 atom stereocenters. The number of carbonyl (C=O) groups is 3. The number of thiophene rings is 1. The van der Waals surface area contributed by atoms with Gasteiger partial charge in [0.1, 0.15) is 5.00 Å². The van der Waals surface area contributed by atoms with E-state index in [1.54, 1.807) is 38.9 Å². The summed E-state index contributed by atoms with van der Waals surface area (Å²) in [7, 11) is 1.70. The van der Waals surface area contributed by atoms with Crippen LogP contribution in [0.1, 0.15) is 63.8 Å². The predicted molar refractivity (Wildman–Crippen MR) is 116 cm³/mol. The van der Waals surface area contributed by atoms with E-state index in [2.05, 4.69) is 26.3 Å². The maximum Gasteiger partial charge on any atom is 0.341 e. The minimum Gasteiger partial charge on any atom is -0.459 e. The van der Waals surface area contributed by atoms with Gasteiger partial charge in [-0.25, -0.2) is 4.79 Å². The normalized spacial score (nSPS) is 10.9. The summed E-state index contributed by atoms with van der Waals surface area (Å²) < 4.78 is 7.37. The smallest absolute Gasteiger partial charge is 0.341 e. The standard InChI is InChI=1S/C19H25BrN4O4S/c1-7-24(8-2)18(26)15-11(5)13(19(27)28-10(3)4)17(29-15)21-16(25)14-12(20)9-23(6)22-14/h9-10H,7-8H2,1-6H3,(H,21,25). The molecule has 10 heteroatoms. The second-order valence-corrected chi connectivity index (χ2v) is 8.52. The van der Waals surface area contributed by atoms with Gasteiger partial charge in [-0.05, 0) is 56.1 Å². The first-order chi connectivity index (χ1) is 13.6. The molecule has 2 heterocycles. The number of ether oxygens (including phenoxy) is 1. The van der Waals surface area contributed by atoms with Crippen molar-refractivity contribution in [3.63, 3.8) is 0 Å². The highest BCUT2D eigenvalue weighted by molar-refractivity contribution is 9.10. The Hall–Kier alpha value is -2.20. The average molecular weight is 485 g/mol. The Morgan fingerprint density at radius 1 is 1.31 bits per heavy atom. The van der Waals surface area contributed by atoms with E-state index in [1.807, 2.05) is 13.8 Å². The van der Waals surface area contributed by atoms with Gasteiger partial charge in [0, 0.05) is 26.3 Å². The van der Waals surface area contributed by atoms with Crippen LogP contribution in [0.25, 0.3) is 0 Å². The SMILES string of the molecule is CCN(CC)C(=O)c1sc(NC(=O)c2nn(C)cc2Br)c(C(=O)OC(C)C)c1C. The summed E-state index contributed by atoms with van der Waals surface area (Å²) >= 11 is 4.37. The van der Waals surface area contributed by atoms with Crippen LogP contribution in [0.5, 0.6) is 0 Å². The molecular weight excluding hydrogens is 460 g/mol. The quantitative estimate of drug-likeness (QED) is 0.602. The van der Waals surface area contributed by atoms with Crippen LogP contribution in [0.2, 0.25) is 0 Å². The molecule has 158 valence electrons. The van der Waals surface area contributed by atoms with Gasteiger partial charge in [-0.1, -0.05) is 0 Å². The Bertz CT molecular complexity index is 931. The van der Waals surface area contributed by atoms with Crippen molar-refractivity contribution in [3.8, 4) is 0 Å². The maximum absolute atomic E-state index is 12.9. The highest BCUT2D eigenvalue weighted by Crippen LogP contribution is 2.35. The van der Waals surface area contributed by atoms with Gasteiger partial charge in [-0.15, -0.1) is 11.3 Å². The molecule has 2 amide bonds. The highest BCUT2D eigenvalue weighted by atomic mass is 79.9. The number of amides is 2. The molecule has 0 aromatic carbocycles. The summed E-state index contributed by atoms with van der Waals surface area (Å²) in [5.41, 5.74) is 0.867. The molecule has 2 aromatic rings. The second kappa shape index (κ2) is 9.53. The number of hydrogen-bond donors (Lipinski definition) is 1. The van der Waals surface area contributed by atoms with Crippen LogP contribution in [0.4, 0.5) is 5.00 Å². The van der Waals surface area contributed by atoms with Crippen molar-refractivity contribution < 1.29 is 19.1 Å². The molecule has 0 fully saturated rings. The third-order valence-corrected chi connectivity index (χ3v) is 5.94. The summed E-state index contributed by atoms with van der Waals surface area (Å²) in [5, 5.41) is 7.12. The van der Waals surface area contributed by atoms with E-state index in [-0.39, 0.29) is 28.3 Å². The van der Waals surface area contributed by atoms with Gasteiger partial charge in [0.2, 0.25) is 0 Å². The fourth-order valence-electron chi connectivity index (χ4n) is 2.75. The summed E-state index contributed by atoms with van der Waals surface area (Å²) in [6.07, 6.45) is 1.31. The molecule has 2 aromatic heterocycles. The first kappa shape index (κ1) is 23.1. The van der Waals surface area contributed by atoms with E-state index in [4.69, 9.17) is 4.74 Å². The van der Waals surface area contributed by atoms with Gasteiger partial charge < -0.3 is 15.0 Å². The molecule has 0 bridgehead atoms. The number of aromatic nitrogens is 2. The van der Waals surface area contributed by atoms with E-state index in [9.17, 15) is 14.4 Å². The fraction of sp³-hybridized carbons (Fsp3) is 0.474. The molecule has 0 saturated carbocycles. The summed E-state index contributed by atoms with van der Waals surface area (Å²) in [6.45, 7) is 10.0. The Morgan fingerprint density at radius 3 is 2.41 bits per heavy atom. The van der Waals surface area contributed by atoms with Crippen LogP contribution < -0.4 is 5.32 Å². The fourth-order valence-corrected chi connectivity index (χ4v) is 4.47. The molecule has 0 spiro atoms. The molecule has 29 heavy (non-hydrogen) atoms. The van der Waals surface area contributed by atoms with Crippen molar-refractivity contribution in [1.82, 2.24) is 14.7 Å². The largest absolute Gasteiger partial charge is 0.459 e. The number of hydrogen-bond acceptors (Lipinski definition) is 6. The molecule has 2 rings (SSSR count). The Balaban J connectivity index is 2.49. The zero-order valence-electron chi connectivity index (χ0n) is 17.3. The lowest BCUT2D eigenvalue weighted by atomic mass is 10.1. The predicted octanol–water partition coefficient (Wildman–Crippen LogP) is 3.85. The molecule has 8 nitrogen and oxygen atoms in total. The number of anilines is 1. The van der Waals surface area contributed by atoms with Crippen LogP contribution in [0.3, 0.4) is 0 Å². The summed E-state index contributed by atoms with van der Waals surface area (Å²) in [4.78, 5) is 40.4. The number of carbonyl (C=O) groups excluding carboxylic acids is 3. The molecule has 0 aliphatic heterocycles. The summed E-state index contributed by atoms with van der Waals surface area (Å²) in [6, 6.07) is 0. The number of esters is 1. The summed E-state index contributed by atoms with van der Waals surface area (Å²) in [5.74, 6) is -1.25. The third kappa shape index (κ3) is 5.05. The highest BCUT2D eigenvalue weighted by Gasteiger charge is 2.29. The van der Waals surface area contributed by atoms with Gasteiger partial charge in [0.25, 0.3) is 11.8 Å². The van der Waals surface area contributed by atoms with Crippen molar-refractivity contribution in [3.05, 3.63) is 32.4 Å². The molecular formula is C19H25BrN4O4S. The van der Waals surface area contributed by atoms with Gasteiger partial charge in [0.15, 0.2) is 5.69 Å². The Labute approximate surface area is 182 Å². The van der Waals surface area contributed by atoms with Gasteiger partial charge >= 0.3 is 5.97 Å². The lowest BCUT2D eigenvalue weighted by molar-refractivity contribution is 0.0379. The molecule has 1 N–H and O–H groups in total. The number of nitrogens with zero attached hydrogens (tertiary/aromatic N) is 3. The van der Waals surface area contributed by atoms with Gasteiger partial charge in [-0.2, -0.15) is 5.10 Å². The van der Waals surface area contributed by atoms with Crippen molar-refractivity contribution >= 4 is 50.1 Å². The topological polar surface area (TPSA) is 93.5 Å². The van der Waals surface area contributed by atoms with Crippen molar-refractivity contribution in [1.29, 1.82) is 0 Å². The third-order valence-electron chi connectivity index (χ3n) is 4.16. The number of nitrogens with one attached hydrogen (secondary N) is 1. The van der Waals surface area contributed by atoms with Crippen LogP contribution in [0.15, 0.2) is 10.7 Å². The lowest BCUT2D eigenvalue weighted by Crippen LogP contribution is -2.30. The molecule has 0 radical (unpaired) electrons. The molecule has 0 aliphatic carbocycles. The van der Waals surface area contributed by atoms with E-state index in [0.29, 0.717) is 28.0 Å². The Morgan fingerprint density at radius 2 is 1.93 bits per heavy atom. The van der Waals surface area contributed by atoms with Crippen LogP contribution in [-0.2, 0) is 11.8 Å². The van der Waals surface area contributed by atoms with E-state index < -0.39 is 11.9 Å². The van der Waals surface area contributed by atoms with Crippen LogP contribution in [0, 0.1) is 6.92 Å². The zero-order valence-corrected chi connectivity index (χ0v) is 19.7. The minimum absolute atomic E-state index is 0.179. The number of aryl methyl sites for hydroxylation is 1. The van der Waals surface area contributed by atoms with Crippen molar-refractivity contribution in [2.45, 2.75) is 40.7 Å². The minimum atomic E-state index is -0.581. The molecule has 0 aliphatic rings. The zero-order chi connectivity index (χ0) is 21.9. The van der Waals surface area contributed by atoms with Crippen molar-refractivity contribution in [2.75, 3.05) is 18.4 Å². The van der Waals surface area contributed by atoms with Crippen molar-refractivity contribution in [2.24, 2.45) is 7.05 Å². The number of rotatable bonds is 7. The maximum atomic E-state index is 12.9.